The third-order valence-corrected chi connectivity index (χ3v) is 3.29. The van der Waals surface area contributed by atoms with Gasteiger partial charge in [-0.05, 0) is 24.3 Å². The maximum absolute atomic E-state index is 11.1. The molecule has 1 aromatic carbocycles. The highest BCUT2D eigenvalue weighted by Crippen LogP contribution is 2.31. The molecule has 0 fully saturated rings. The fraction of sp³-hybridized carbons (Fsp3) is 0. The number of pyridine rings is 1. The van der Waals surface area contributed by atoms with E-state index < -0.39 is 4.92 Å². The molecule has 3 aromatic rings. The van der Waals surface area contributed by atoms with Crippen LogP contribution in [0.2, 0.25) is 0 Å². The van der Waals surface area contributed by atoms with Gasteiger partial charge in [-0.25, -0.2) is 4.98 Å². The lowest BCUT2D eigenvalue weighted by atomic mass is 10.1. The van der Waals surface area contributed by atoms with Crippen molar-refractivity contribution < 1.29 is 4.92 Å². The van der Waals surface area contributed by atoms with Gasteiger partial charge in [0.1, 0.15) is 5.65 Å². The van der Waals surface area contributed by atoms with Crippen molar-refractivity contribution in [3.63, 3.8) is 0 Å². The van der Waals surface area contributed by atoms with Gasteiger partial charge in [-0.15, -0.1) is 0 Å². The summed E-state index contributed by atoms with van der Waals surface area (Å²) in [6, 6.07) is 10.4. The number of aromatic nitrogens is 2. The minimum atomic E-state index is -0.397. The second kappa shape index (κ2) is 4.47. The summed E-state index contributed by atoms with van der Waals surface area (Å²) < 4.78 is 2.62. The largest absolute Gasteiger partial charge is 0.306 e. The van der Waals surface area contributed by atoms with Crippen LogP contribution >= 0.6 is 15.9 Å². The number of hydrogen-bond donors (Lipinski definition) is 0. The molecule has 3 rings (SSSR count). The summed E-state index contributed by atoms with van der Waals surface area (Å²) >= 11 is 3.33. The van der Waals surface area contributed by atoms with Gasteiger partial charge in [0.15, 0.2) is 0 Å². The average Bonchev–Trinajstić information content (AvgIpc) is 2.81. The number of nitro benzene ring substituents is 1. The van der Waals surface area contributed by atoms with E-state index in [1.165, 1.54) is 6.07 Å². The third kappa shape index (κ3) is 2.10. The summed E-state index contributed by atoms with van der Waals surface area (Å²) in [5, 5.41) is 11.1. The molecule has 2 heterocycles. The van der Waals surface area contributed by atoms with Crippen molar-refractivity contribution in [3.8, 4) is 11.3 Å². The second-order valence-corrected chi connectivity index (χ2v) is 4.93. The number of nitrogens with zero attached hydrogens (tertiary/aromatic N) is 3. The number of nitro groups is 1. The van der Waals surface area contributed by atoms with Gasteiger partial charge in [0.25, 0.3) is 5.69 Å². The molecular formula is C13H8BrN3O2. The highest BCUT2D eigenvalue weighted by molar-refractivity contribution is 9.10. The molecule has 0 saturated heterocycles. The molecule has 0 spiro atoms. The Hall–Kier alpha value is -2.21. The Morgan fingerprint density at radius 1 is 1.26 bits per heavy atom. The van der Waals surface area contributed by atoms with Crippen molar-refractivity contribution in [1.82, 2.24) is 9.38 Å². The highest BCUT2D eigenvalue weighted by Gasteiger charge is 2.17. The highest BCUT2D eigenvalue weighted by atomic mass is 79.9. The van der Waals surface area contributed by atoms with E-state index in [9.17, 15) is 10.1 Å². The molecule has 0 bridgehead atoms. The van der Waals surface area contributed by atoms with E-state index in [1.54, 1.807) is 18.3 Å². The monoisotopic (exact) mass is 317 g/mol. The van der Waals surface area contributed by atoms with Gasteiger partial charge in [-0.1, -0.05) is 22.0 Å². The summed E-state index contributed by atoms with van der Waals surface area (Å²) in [4.78, 5) is 15.1. The first kappa shape index (κ1) is 11.9. The van der Waals surface area contributed by atoms with Crippen molar-refractivity contribution in [3.05, 3.63) is 63.4 Å². The van der Waals surface area contributed by atoms with Gasteiger partial charge in [-0.3, -0.25) is 10.1 Å². The molecule has 0 saturated carbocycles. The predicted molar refractivity (Wildman–Crippen MR) is 75.0 cm³/mol. The van der Waals surface area contributed by atoms with Crippen LogP contribution in [0.1, 0.15) is 0 Å². The standard InChI is InChI=1S/C13H8BrN3O2/c14-9-4-5-12(17(18)19)10(7-9)11-8-16-6-2-1-3-13(16)15-11/h1-8H. The molecular weight excluding hydrogens is 310 g/mol. The molecule has 0 aliphatic rings. The van der Waals surface area contributed by atoms with E-state index in [1.807, 2.05) is 28.8 Å². The SMILES string of the molecule is O=[N+]([O-])c1ccc(Br)cc1-c1cn2ccccc2n1. The first-order valence-corrected chi connectivity index (χ1v) is 6.32. The second-order valence-electron chi connectivity index (χ2n) is 4.01. The molecule has 0 aliphatic carbocycles. The molecule has 19 heavy (non-hydrogen) atoms. The van der Waals surface area contributed by atoms with E-state index in [0.717, 1.165) is 10.1 Å². The maximum Gasteiger partial charge on any atom is 0.278 e. The van der Waals surface area contributed by atoms with Crippen LogP contribution in [0.5, 0.6) is 0 Å². The van der Waals surface area contributed by atoms with Crippen molar-refractivity contribution in [2.24, 2.45) is 0 Å². The third-order valence-electron chi connectivity index (χ3n) is 2.80. The zero-order valence-electron chi connectivity index (χ0n) is 9.65. The Balaban J connectivity index is 2.25. The predicted octanol–water partition coefficient (Wildman–Crippen LogP) is 3.67. The van der Waals surface area contributed by atoms with Crippen LogP contribution in [0.4, 0.5) is 5.69 Å². The first-order valence-electron chi connectivity index (χ1n) is 5.53. The van der Waals surface area contributed by atoms with Gasteiger partial charge < -0.3 is 4.40 Å². The lowest BCUT2D eigenvalue weighted by Crippen LogP contribution is -1.92. The van der Waals surface area contributed by atoms with Crippen molar-refractivity contribution in [2.75, 3.05) is 0 Å². The summed E-state index contributed by atoms with van der Waals surface area (Å²) in [5.41, 5.74) is 1.89. The summed E-state index contributed by atoms with van der Waals surface area (Å²) in [6.07, 6.45) is 3.64. The molecule has 94 valence electrons. The molecule has 0 atom stereocenters. The van der Waals surface area contributed by atoms with Gasteiger partial charge in [0.05, 0.1) is 16.2 Å². The molecule has 0 N–H and O–H groups in total. The molecule has 0 unspecified atom stereocenters. The Labute approximate surface area is 116 Å². The fourth-order valence-corrected chi connectivity index (χ4v) is 2.30. The Kier molecular flexibility index (Phi) is 2.79. The van der Waals surface area contributed by atoms with E-state index >= 15 is 0 Å². The number of halogens is 1. The van der Waals surface area contributed by atoms with Crippen LogP contribution in [0.25, 0.3) is 16.9 Å². The lowest BCUT2D eigenvalue weighted by molar-refractivity contribution is -0.384. The molecule has 0 aliphatic heterocycles. The number of rotatable bonds is 2. The van der Waals surface area contributed by atoms with Crippen molar-refractivity contribution >= 4 is 27.3 Å². The summed E-state index contributed by atoms with van der Waals surface area (Å²) in [5.74, 6) is 0. The Bertz CT molecular complexity index is 749. The van der Waals surface area contributed by atoms with Gasteiger partial charge in [-0.2, -0.15) is 0 Å². The van der Waals surface area contributed by atoms with E-state index in [2.05, 4.69) is 20.9 Å². The number of imidazole rings is 1. The lowest BCUT2D eigenvalue weighted by Gasteiger charge is -1.99. The Morgan fingerprint density at radius 2 is 2.11 bits per heavy atom. The molecule has 2 aromatic heterocycles. The van der Waals surface area contributed by atoms with Gasteiger partial charge >= 0.3 is 0 Å². The topological polar surface area (TPSA) is 60.4 Å². The van der Waals surface area contributed by atoms with Crippen LogP contribution in [-0.2, 0) is 0 Å². The first-order chi connectivity index (χ1) is 9.15. The minimum absolute atomic E-state index is 0.0478. The van der Waals surface area contributed by atoms with E-state index in [4.69, 9.17) is 0 Å². The van der Waals surface area contributed by atoms with Gasteiger partial charge in [0, 0.05) is 22.9 Å². The minimum Gasteiger partial charge on any atom is -0.306 e. The maximum atomic E-state index is 11.1. The quantitative estimate of drug-likeness (QED) is 0.535. The van der Waals surface area contributed by atoms with Gasteiger partial charge in [0.2, 0.25) is 0 Å². The van der Waals surface area contributed by atoms with Crippen LogP contribution < -0.4 is 0 Å². The van der Waals surface area contributed by atoms with E-state index in [0.29, 0.717) is 11.3 Å². The molecule has 5 nitrogen and oxygen atoms in total. The van der Waals surface area contributed by atoms with Crippen LogP contribution in [0.3, 0.4) is 0 Å². The van der Waals surface area contributed by atoms with Crippen LogP contribution in [0, 0.1) is 10.1 Å². The zero-order chi connectivity index (χ0) is 13.4. The zero-order valence-corrected chi connectivity index (χ0v) is 11.2. The van der Waals surface area contributed by atoms with Crippen LogP contribution in [0.15, 0.2) is 53.3 Å². The molecule has 6 heteroatoms. The fourth-order valence-electron chi connectivity index (χ4n) is 1.94. The summed E-state index contributed by atoms with van der Waals surface area (Å²) in [7, 11) is 0. The number of benzene rings is 1. The normalized spacial score (nSPS) is 10.8. The molecule has 0 amide bonds. The molecule has 0 radical (unpaired) electrons. The summed E-state index contributed by atoms with van der Waals surface area (Å²) in [6.45, 7) is 0. The average molecular weight is 318 g/mol. The number of fused-ring (bicyclic) bond motifs is 1. The van der Waals surface area contributed by atoms with E-state index in [-0.39, 0.29) is 5.69 Å². The van der Waals surface area contributed by atoms with Crippen molar-refractivity contribution in [2.45, 2.75) is 0 Å². The number of hydrogen-bond acceptors (Lipinski definition) is 3. The van der Waals surface area contributed by atoms with Crippen molar-refractivity contribution in [1.29, 1.82) is 0 Å². The Morgan fingerprint density at radius 3 is 2.84 bits per heavy atom. The van der Waals surface area contributed by atoms with Crippen LogP contribution in [-0.4, -0.2) is 14.3 Å². The smallest absolute Gasteiger partial charge is 0.278 e.